The SMILES string of the molecule is CCOc1ccccc1CSC(=N)N. The van der Waals surface area contributed by atoms with Crippen LogP contribution < -0.4 is 10.5 Å². The summed E-state index contributed by atoms with van der Waals surface area (Å²) in [7, 11) is 0. The van der Waals surface area contributed by atoms with Crippen molar-refractivity contribution in [3.05, 3.63) is 29.8 Å². The Morgan fingerprint density at radius 3 is 2.86 bits per heavy atom. The quantitative estimate of drug-likeness (QED) is 0.591. The number of para-hydroxylation sites is 1. The molecule has 0 heterocycles. The van der Waals surface area contributed by atoms with Crippen molar-refractivity contribution < 1.29 is 4.74 Å². The van der Waals surface area contributed by atoms with Crippen LogP contribution in [0.5, 0.6) is 5.75 Å². The maximum atomic E-state index is 7.12. The maximum absolute atomic E-state index is 7.12. The van der Waals surface area contributed by atoms with Gasteiger partial charge in [-0.2, -0.15) is 0 Å². The van der Waals surface area contributed by atoms with Gasteiger partial charge in [0.05, 0.1) is 6.61 Å². The zero-order valence-corrected chi connectivity index (χ0v) is 8.93. The Morgan fingerprint density at radius 2 is 2.21 bits per heavy atom. The maximum Gasteiger partial charge on any atom is 0.151 e. The Morgan fingerprint density at radius 1 is 1.50 bits per heavy atom. The summed E-state index contributed by atoms with van der Waals surface area (Å²) in [4.78, 5) is 0. The van der Waals surface area contributed by atoms with E-state index in [1.54, 1.807) is 0 Å². The molecule has 0 aliphatic rings. The van der Waals surface area contributed by atoms with Crippen molar-refractivity contribution in [3.63, 3.8) is 0 Å². The molecular weight excluding hydrogens is 196 g/mol. The van der Waals surface area contributed by atoms with Crippen LogP contribution in [0, 0.1) is 5.41 Å². The fourth-order valence-corrected chi connectivity index (χ4v) is 1.62. The van der Waals surface area contributed by atoms with Crippen molar-refractivity contribution in [1.29, 1.82) is 5.41 Å². The van der Waals surface area contributed by atoms with Crippen molar-refractivity contribution in [3.8, 4) is 5.75 Å². The lowest BCUT2D eigenvalue weighted by Crippen LogP contribution is -2.04. The van der Waals surface area contributed by atoms with Gasteiger partial charge in [0, 0.05) is 11.3 Å². The van der Waals surface area contributed by atoms with Crippen LogP contribution in [0.4, 0.5) is 0 Å². The molecule has 0 bridgehead atoms. The Bertz CT molecular complexity index is 315. The molecule has 0 spiro atoms. The molecule has 0 aliphatic carbocycles. The summed E-state index contributed by atoms with van der Waals surface area (Å²) >= 11 is 1.31. The molecule has 0 radical (unpaired) electrons. The number of rotatable bonds is 4. The van der Waals surface area contributed by atoms with Gasteiger partial charge >= 0.3 is 0 Å². The van der Waals surface area contributed by atoms with E-state index < -0.39 is 0 Å². The fourth-order valence-electron chi connectivity index (χ4n) is 1.07. The van der Waals surface area contributed by atoms with E-state index in [0.29, 0.717) is 12.4 Å². The lowest BCUT2D eigenvalue weighted by molar-refractivity contribution is 0.337. The summed E-state index contributed by atoms with van der Waals surface area (Å²) in [5.74, 6) is 1.56. The molecule has 0 saturated heterocycles. The van der Waals surface area contributed by atoms with Gasteiger partial charge in [0.2, 0.25) is 0 Å². The Balaban J connectivity index is 2.68. The second-order valence-electron chi connectivity index (χ2n) is 2.69. The number of hydrogen-bond donors (Lipinski definition) is 2. The third-order valence-corrected chi connectivity index (χ3v) is 2.42. The van der Waals surface area contributed by atoms with Crippen molar-refractivity contribution in [2.75, 3.05) is 6.61 Å². The van der Waals surface area contributed by atoms with E-state index in [9.17, 15) is 0 Å². The minimum absolute atomic E-state index is 0.135. The van der Waals surface area contributed by atoms with E-state index in [2.05, 4.69) is 0 Å². The number of amidine groups is 1. The molecule has 0 saturated carbocycles. The molecule has 1 aromatic rings. The molecule has 4 heteroatoms. The zero-order chi connectivity index (χ0) is 10.4. The first-order chi connectivity index (χ1) is 6.74. The molecule has 14 heavy (non-hydrogen) atoms. The highest BCUT2D eigenvalue weighted by Gasteiger charge is 2.02. The average Bonchev–Trinajstić information content (AvgIpc) is 2.17. The van der Waals surface area contributed by atoms with Crippen LogP contribution in [0.3, 0.4) is 0 Å². The first kappa shape index (κ1) is 10.9. The van der Waals surface area contributed by atoms with Gasteiger partial charge in [-0.25, -0.2) is 0 Å². The molecule has 1 aromatic carbocycles. The zero-order valence-electron chi connectivity index (χ0n) is 8.12. The molecule has 3 N–H and O–H groups in total. The largest absolute Gasteiger partial charge is 0.494 e. The summed E-state index contributed by atoms with van der Waals surface area (Å²) in [6, 6.07) is 7.81. The second kappa shape index (κ2) is 5.54. The number of thioether (sulfide) groups is 1. The standard InChI is InChI=1S/C10H14N2OS/c1-2-13-9-6-4-3-5-8(9)7-14-10(11)12/h3-6H,2,7H2,1H3,(H3,11,12). The summed E-state index contributed by atoms with van der Waals surface area (Å²) < 4.78 is 5.44. The Kier molecular flexibility index (Phi) is 4.32. The van der Waals surface area contributed by atoms with E-state index >= 15 is 0 Å². The van der Waals surface area contributed by atoms with Gasteiger partial charge in [-0.3, -0.25) is 5.41 Å². The van der Waals surface area contributed by atoms with E-state index in [4.69, 9.17) is 15.9 Å². The molecular formula is C10H14N2OS. The van der Waals surface area contributed by atoms with E-state index in [0.717, 1.165) is 11.3 Å². The number of nitrogens with one attached hydrogen (secondary N) is 1. The molecule has 0 unspecified atom stereocenters. The van der Waals surface area contributed by atoms with E-state index in [-0.39, 0.29) is 5.17 Å². The fraction of sp³-hybridized carbons (Fsp3) is 0.300. The smallest absolute Gasteiger partial charge is 0.151 e. The molecule has 0 aliphatic heterocycles. The summed E-state index contributed by atoms with van der Waals surface area (Å²) in [5.41, 5.74) is 6.35. The minimum atomic E-state index is 0.135. The van der Waals surface area contributed by atoms with E-state index in [1.807, 2.05) is 31.2 Å². The van der Waals surface area contributed by atoms with Crippen molar-refractivity contribution in [2.45, 2.75) is 12.7 Å². The van der Waals surface area contributed by atoms with Gasteiger partial charge in [0.15, 0.2) is 5.17 Å². The third-order valence-electron chi connectivity index (χ3n) is 1.66. The molecule has 0 amide bonds. The van der Waals surface area contributed by atoms with Gasteiger partial charge in [0.25, 0.3) is 0 Å². The normalized spacial score (nSPS) is 9.79. The van der Waals surface area contributed by atoms with Crippen LogP contribution in [-0.2, 0) is 5.75 Å². The predicted molar refractivity (Wildman–Crippen MR) is 60.8 cm³/mol. The van der Waals surface area contributed by atoms with Crippen LogP contribution in [-0.4, -0.2) is 11.8 Å². The first-order valence-corrected chi connectivity index (χ1v) is 5.40. The highest BCUT2D eigenvalue weighted by molar-refractivity contribution is 8.13. The molecule has 3 nitrogen and oxygen atoms in total. The van der Waals surface area contributed by atoms with Crippen molar-refractivity contribution in [2.24, 2.45) is 5.73 Å². The number of benzene rings is 1. The van der Waals surface area contributed by atoms with Crippen LogP contribution in [0.25, 0.3) is 0 Å². The lowest BCUT2D eigenvalue weighted by Gasteiger charge is -2.08. The van der Waals surface area contributed by atoms with Gasteiger partial charge in [-0.15, -0.1) is 0 Å². The average molecular weight is 210 g/mol. The summed E-state index contributed by atoms with van der Waals surface area (Å²) in [5, 5.41) is 7.25. The van der Waals surface area contributed by atoms with Crippen LogP contribution in [0.2, 0.25) is 0 Å². The molecule has 1 rings (SSSR count). The molecule has 0 aromatic heterocycles. The van der Waals surface area contributed by atoms with Crippen molar-refractivity contribution >= 4 is 16.9 Å². The highest BCUT2D eigenvalue weighted by atomic mass is 32.2. The van der Waals surface area contributed by atoms with E-state index in [1.165, 1.54) is 11.8 Å². The predicted octanol–water partition coefficient (Wildman–Crippen LogP) is 2.21. The topological polar surface area (TPSA) is 59.1 Å². The van der Waals surface area contributed by atoms with Gasteiger partial charge in [0.1, 0.15) is 5.75 Å². The lowest BCUT2D eigenvalue weighted by atomic mass is 10.2. The number of hydrogen-bond acceptors (Lipinski definition) is 3. The van der Waals surface area contributed by atoms with Gasteiger partial charge in [-0.05, 0) is 13.0 Å². The first-order valence-electron chi connectivity index (χ1n) is 4.41. The van der Waals surface area contributed by atoms with Gasteiger partial charge in [-0.1, -0.05) is 30.0 Å². The van der Waals surface area contributed by atoms with Gasteiger partial charge < -0.3 is 10.5 Å². The highest BCUT2D eigenvalue weighted by Crippen LogP contribution is 2.22. The minimum Gasteiger partial charge on any atom is -0.494 e. The number of nitrogens with two attached hydrogens (primary N) is 1. The van der Waals surface area contributed by atoms with Crippen LogP contribution in [0.15, 0.2) is 24.3 Å². The summed E-state index contributed by atoms with van der Waals surface area (Å²) in [6.07, 6.45) is 0. The summed E-state index contributed by atoms with van der Waals surface area (Å²) in [6.45, 7) is 2.61. The third kappa shape index (κ3) is 3.30. The van der Waals surface area contributed by atoms with Crippen LogP contribution >= 0.6 is 11.8 Å². The van der Waals surface area contributed by atoms with Crippen LogP contribution in [0.1, 0.15) is 12.5 Å². The van der Waals surface area contributed by atoms with Crippen molar-refractivity contribution in [1.82, 2.24) is 0 Å². The molecule has 76 valence electrons. The Labute approximate surface area is 88.2 Å². The monoisotopic (exact) mass is 210 g/mol. The Hall–Kier alpha value is -1.16. The molecule has 0 fully saturated rings. The number of ether oxygens (including phenoxy) is 1. The second-order valence-corrected chi connectivity index (χ2v) is 3.71. The molecule has 0 atom stereocenters.